The van der Waals surface area contributed by atoms with E-state index in [2.05, 4.69) is 0 Å². The van der Waals surface area contributed by atoms with E-state index in [-0.39, 0.29) is 12.5 Å². The minimum absolute atomic E-state index is 0.170. The Morgan fingerprint density at radius 3 is 2.47 bits per heavy atom. The van der Waals surface area contributed by atoms with Crippen LogP contribution in [0.5, 0.6) is 0 Å². The van der Waals surface area contributed by atoms with Gasteiger partial charge in [0, 0.05) is 19.7 Å². The first-order chi connectivity index (χ1) is 7.22. The van der Waals surface area contributed by atoms with Crippen LogP contribution in [0.25, 0.3) is 0 Å². The lowest BCUT2D eigenvalue weighted by molar-refractivity contribution is -0.162. The lowest BCUT2D eigenvalue weighted by Gasteiger charge is -2.09. The molecule has 0 aromatic carbocycles. The molecular formula is C11H19NO3. The average Bonchev–Trinajstić information content (AvgIpc) is 2.26. The zero-order chi connectivity index (χ0) is 11.5. The second-order valence-corrected chi connectivity index (χ2v) is 2.98. The average molecular weight is 213 g/mol. The van der Waals surface area contributed by atoms with Gasteiger partial charge >= 0.3 is 0 Å². The number of aliphatic hydroxyl groups excluding tert-OH is 1. The fourth-order valence-corrected chi connectivity index (χ4v) is 0.882. The quantitative estimate of drug-likeness (QED) is 0.300. The lowest BCUT2D eigenvalue weighted by atomic mass is 10.2. The Balaban J connectivity index is 3.58. The summed E-state index contributed by atoms with van der Waals surface area (Å²) < 4.78 is 0. The molecule has 4 heteroatoms. The summed E-state index contributed by atoms with van der Waals surface area (Å²) in [4.78, 5) is 15.9. The number of unbranched alkanes of at least 4 members (excludes halogenated alkanes) is 1. The molecule has 0 radical (unpaired) electrons. The van der Waals surface area contributed by atoms with Crippen LogP contribution in [0.1, 0.15) is 19.3 Å². The second-order valence-electron chi connectivity index (χ2n) is 2.98. The summed E-state index contributed by atoms with van der Waals surface area (Å²) in [6.07, 6.45) is 9.59. The fraction of sp³-hybridized carbons (Fsp3) is 0.545. The second kappa shape index (κ2) is 9.43. The van der Waals surface area contributed by atoms with Crippen LogP contribution in [0.4, 0.5) is 0 Å². The van der Waals surface area contributed by atoms with Crippen molar-refractivity contribution in [2.24, 2.45) is 0 Å². The van der Waals surface area contributed by atoms with E-state index in [0.717, 1.165) is 17.9 Å². The van der Waals surface area contributed by atoms with Gasteiger partial charge in [0.15, 0.2) is 0 Å². The molecule has 0 saturated carbocycles. The molecule has 0 atom stereocenters. The summed E-state index contributed by atoms with van der Waals surface area (Å²) >= 11 is 0. The maximum Gasteiger partial charge on any atom is 0.269 e. The Morgan fingerprint density at radius 2 is 1.87 bits per heavy atom. The van der Waals surface area contributed by atoms with Crippen molar-refractivity contribution in [3.8, 4) is 0 Å². The number of hydrogen-bond donors (Lipinski definition) is 1. The smallest absolute Gasteiger partial charge is 0.269 e. The first-order valence-corrected chi connectivity index (χ1v) is 4.96. The van der Waals surface area contributed by atoms with Gasteiger partial charge < -0.3 is 5.11 Å². The van der Waals surface area contributed by atoms with E-state index >= 15 is 0 Å². The lowest BCUT2D eigenvalue weighted by Crippen LogP contribution is -2.22. The predicted octanol–water partition coefficient (Wildman–Crippen LogP) is 1.28. The molecule has 0 aromatic heterocycles. The van der Waals surface area contributed by atoms with E-state index in [1.807, 2.05) is 12.2 Å². The number of amides is 1. The number of aliphatic hydroxyl groups is 1. The van der Waals surface area contributed by atoms with Gasteiger partial charge in [-0.05, 0) is 19.3 Å². The highest BCUT2D eigenvalue weighted by Crippen LogP contribution is 1.95. The molecule has 0 aliphatic rings. The van der Waals surface area contributed by atoms with Crippen LogP contribution in [0.3, 0.4) is 0 Å². The standard InChI is InChI=1S/C11H19NO3/c1-12(15-2)11(14)9-7-5-3-4-6-8-10-13/h4,6-7,9,13H,3,5,8,10H2,1-2H3/b6-4+,9-7+. The Bertz CT molecular complexity index is 224. The molecule has 4 nitrogen and oxygen atoms in total. The molecule has 0 saturated heterocycles. The van der Waals surface area contributed by atoms with Gasteiger partial charge in [-0.3, -0.25) is 9.63 Å². The van der Waals surface area contributed by atoms with Gasteiger partial charge in [-0.15, -0.1) is 0 Å². The summed E-state index contributed by atoms with van der Waals surface area (Å²) in [5.74, 6) is -0.170. The van der Waals surface area contributed by atoms with Crippen molar-refractivity contribution >= 4 is 5.91 Å². The largest absolute Gasteiger partial charge is 0.396 e. The van der Waals surface area contributed by atoms with E-state index in [0.29, 0.717) is 6.42 Å². The Morgan fingerprint density at radius 1 is 1.27 bits per heavy atom. The molecule has 15 heavy (non-hydrogen) atoms. The van der Waals surface area contributed by atoms with Crippen LogP contribution in [0.15, 0.2) is 24.3 Å². The molecular weight excluding hydrogens is 194 g/mol. The zero-order valence-corrected chi connectivity index (χ0v) is 9.35. The summed E-state index contributed by atoms with van der Waals surface area (Å²) in [6, 6.07) is 0. The minimum atomic E-state index is -0.170. The van der Waals surface area contributed by atoms with E-state index in [9.17, 15) is 4.79 Å². The highest BCUT2D eigenvalue weighted by Gasteiger charge is 2.00. The summed E-state index contributed by atoms with van der Waals surface area (Å²) in [7, 11) is 3.01. The molecule has 0 unspecified atom stereocenters. The summed E-state index contributed by atoms with van der Waals surface area (Å²) in [5.41, 5.74) is 0. The zero-order valence-electron chi connectivity index (χ0n) is 9.35. The first kappa shape index (κ1) is 13.9. The molecule has 0 aliphatic carbocycles. The molecule has 0 fully saturated rings. The normalized spacial score (nSPS) is 11.4. The number of nitrogens with zero attached hydrogens (tertiary/aromatic N) is 1. The van der Waals surface area contributed by atoms with E-state index < -0.39 is 0 Å². The number of carbonyl (C=O) groups is 1. The molecule has 0 bridgehead atoms. The molecule has 0 aliphatic heterocycles. The molecule has 86 valence electrons. The number of rotatable bonds is 7. The van der Waals surface area contributed by atoms with E-state index in [1.165, 1.54) is 13.2 Å². The van der Waals surface area contributed by atoms with E-state index in [1.54, 1.807) is 13.1 Å². The molecule has 0 heterocycles. The number of carbonyl (C=O) groups excluding carboxylic acids is 1. The van der Waals surface area contributed by atoms with Crippen molar-refractivity contribution in [2.45, 2.75) is 19.3 Å². The van der Waals surface area contributed by atoms with Gasteiger partial charge in [0.1, 0.15) is 0 Å². The van der Waals surface area contributed by atoms with Gasteiger partial charge in [0.2, 0.25) is 0 Å². The predicted molar refractivity (Wildman–Crippen MR) is 59.0 cm³/mol. The Labute approximate surface area is 90.8 Å². The number of hydroxylamine groups is 2. The fourth-order valence-electron chi connectivity index (χ4n) is 0.882. The van der Waals surface area contributed by atoms with Crippen molar-refractivity contribution < 1.29 is 14.7 Å². The highest BCUT2D eigenvalue weighted by molar-refractivity contribution is 5.86. The molecule has 0 rings (SSSR count). The van der Waals surface area contributed by atoms with Crippen LogP contribution in [0, 0.1) is 0 Å². The third-order valence-corrected chi connectivity index (χ3v) is 1.81. The van der Waals surface area contributed by atoms with Crippen molar-refractivity contribution in [1.29, 1.82) is 0 Å². The number of allylic oxidation sites excluding steroid dienone is 2. The minimum Gasteiger partial charge on any atom is -0.396 e. The maximum atomic E-state index is 11.2. The number of hydrogen-bond acceptors (Lipinski definition) is 3. The van der Waals surface area contributed by atoms with Crippen molar-refractivity contribution in [3.05, 3.63) is 24.3 Å². The van der Waals surface area contributed by atoms with E-state index in [4.69, 9.17) is 9.94 Å². The Kier molecular flexibility index (Phi) is 8.72. The van der Waals surface area contributed by atoms with Crippen molar-refractivity contribution in [2.75, 3.05) is 20.8 Å². The van der Waals surface area contributed by atoms with Gasteiger partial charge in [0.05, 0.1) is 7.11 Å². The Hall–Kier alpha value is -1.13. The molecule has 0 spiro atoms. The summed E-state index contributed by atoms with van der Waals surface area (Å²) in [6.45, 7) is 0.184. The topological polar surface area (TPSA) is 49.8 Å². The first-order valence-electron chi connectivity index (χ1n) is 4.96. The van der Waals surface area contributed by atoms with Crippen LogP contribution < -0.4 is 0 Å². The highest BCUT2D eigenvalue weighted by atomic mass is 16.7. The SMILES string of the molecule is CON(C)C(=O)/C=C/CC/C=C/CCO. The van der Waals surface area contributed by atoms with Gasteiger partial charge in [-0.25, -0.2) is 5.06 Å². The van der Waals surface area contributed by atoms with Crippen molar-refractivity contribution in [3.63, 3.8) is 0 Å². The maximum absolute atomic E-state index is 11.2. The van der Waals surface area contributed by atoms with Crippen LogP contribution in [-0.2, 0) is 9.63 Å². The van der Waals surface area contributed by atoms with Crippen LogP contribution in [-0.4, -0.2) is 36.8 Å². The number of likely N-dealkylation sites (N-methyl/N-ethyl adjacent to an activating group) is 1. The third-order valence-electron chi connectivity index (χ3n) is 1.81. The van der Waals surface area contributed by atoms with Gasteiger partial charge in [0.25, 0.3) is 5.91 Å². The van der Waals surface area contributed by atoms with Gasteiger partial charge in [-0.2, -0.15) is 0 Å². The molecule has 1 N–H and O–H groups in total. The van der Waals surface area contributed by atoms with Crippen molar-refractivity contribution in [1.82, 2.24) is 5.06 Å². The molecule has 0 aromatic rings. The monoisotopic (exact) mass is 213 g/mol. The third kappa shape index (κ3) is 7.90. The van der Waals surface area contributed by atoms with Crippen LogP contribution in [0.2, 0.25) is 0 Å². The van der Waals surface area contributed by atoms with Gasteiger partial charge in [-0.1, -0.05) is 18.2 Å². The van der Waals surface area contributed by atoms with Crippen LogP contribution >= 0.6 is 0 Å². The summed E-state index contributed by atoms with van der Waals surface area (Å²) in [5, 5.41) is 9.67. The molecule has 1 amide bonds.